The molecule has 2 heterocycles. The summed E-state index contributed by atoms with van der Waals surface area (Å²) in [5.41, 5.74) is 6.48. The molecule has 0 saturated carbocycles. The van der Waals surface area contributed by atoms with Gasteiger partial charge in [0.05, 0.1) is 5.69 Å². The van der Waals surface area contributed by atoms with Gasteiger partial charge in [-0.15, -0.1) is 10.2 Å². The van der Waals surface area contributed by atoms with E-state index in [1.807, 2.05) is 42.5 Å². The third-order valence-electron chi connectivity index (χ3n) is 5.92. The van der Waals surface area contributed by atoms with Crippen molar-refractivity contribution in [2.24, 2.45) is 0 Å². The number of rotatable bonds is 5. The first kappa shape index (κ1) is 22.2. The number of nitrogens with zero attached hydrogens (tertiary/aromatic N) is 4. The van der Waals surface area contributed by atoms with E-state index in [4.69, 9.17) is 0 Å². The number of aromatic nitrogens is 2. The molecule has 4 rings (SSSR count). The second-order valence-corrected chi connectivity index (χ2v) is 9.99. The van der Waals surface area contributed by atoms with Crippen LogP contribution in [0.25, 0.3) is 17.3 Å². The highest BCUT2D eigenvalue weighted by molar-refractivity contribution is 7.92. The lowest BCUT2D eigenvalue weighted by Crippen LogP contribution is -2.48. The summed E-state index contributed by atoms with van der Waals surface area (Å²) in [6, 6.07) is 17.7. The van der Waals surface area contributed by atoms with Crippen LogP contribution in [0.2, 0.25) is 0 Å². The van der Waals surface area contributed by atoms with Crippen LogP contribution in [0.5, 0.6) is 0 Å². The number of sulfonamides is 1. The van der Waals surface area contributed by atoms with Gasteiger partial charge >= 0.3 is 0 Å². The summed E-state index contributed by atoms with van der Waals surface area (Å²) in [7, 11) is -3.45. The van der Waals surface area contributed by atoms with E-state index in [1.54, 1.807) is 6.08 Å². The maximum atomic E-state index is 12.7. The first-order valence-electron chi connectivity index (χ1n) is 10.7. The highest BCUT2D eigenvalue weighted by atomic mass is 32.2. The maximum absolute atomic E-state index is 12.7. The van der Waals surface area contributed by atoms with Gasteiger partial charge in [-0.2, -0.15) is 4.31 Å². The average Bonchev–Trinajstić information content (AvgIpc) is 2.81. The predicted octanol–water partition coefficient (Wildman–Crippen LogP) is 4.19. The minimum atomic E-state index is -3.45. The van der Waals surface area contributed by atoms with Crippen molar-refractivity contribution in [3.63, 3.8) is 0 Å². The molecular weight excluding hydrogens is 420 g/mol. The van der Waals surface area contributed by atoms with Gasteiger partial charge in [-0.1, -0.05) is 36.4 Å². The third kappa shape index (κ3) is 4.89. The fraction of sp³-hybridized carbons (Fsp3) is 0.280. The Labute approximate surface area is 190 Å². The molecule has 0 spiro atoms. The molecule has 0 radical (unpaired) electrons. The van der Waals surface area contributed by atoms with Gasteiger partial charge in [0.15, 0.2) is 5.82 Å². The number of anilines is 1. The molecule has 1 fully saturated rings. The van der Waals surface area contributed by atoms with Crippen molar-refractivity contribution in [3.05, 3.63) is 82.3 Å². The maximum Gasteiger partial charge on any atom is 0.236 e. The van der Waals surface area contributed by atoms with Crippen molar-refractivity contribution in [2.45, 2.75) is 20.8 Å². The van der Waals surface area contributed by atoms with Crippen LogP contribution in [0.4, 0.5) is 5.82 Å². The number of piperazine rings is 1. The minimum Gasteiger partial charge on any atom is -0.352 e. The van der Waals surface area contributed by atoms with Crippen molar-refractivity contribution >= 4 is 21.9 Å². The first-order valence-corrected chi connectivity index (χ1v) is 12.2. The molecule has 1 aliphatic rings. The van der Waals surface area contributed by atoms with Gasteiger partial charge in [0, 0.05) is 37.2 Å². The van der Waals surface area contributed by atoms with Gasteiger partial charge in [0.2, 0.25) is 10.0 Å². The lowest BCUT2D eigenvalue weighted by Gasteiger charge is -2.33. The van der Waals surface area contributed by atoms with Gasteiger partial charge in [0.1, 0.15) is 0 Å². The Morgan fingerprint density at radius 1 is 0.812 bits per heavy atom. The standard InChI is InChI=1S/C25H28N4O2S/c1-19-17-21(3)23(18-20(19)2)24-9-10-25(27-26-24)28-12-14-29(15-13-28)32(30,31)16-11-22-7-5-4-6-8-22/h4-11,16-18H,12-15H2,1-3H3/b16-11-. The zero-order valence-electron chi connectivity index (χ0n) is 18.7. The number of aryl methyl sites for hydroxylation is 3. The molecule has 0 bridgehead atoms. The fourth-order valence-electron chi connectivity index (χ4n) is 3.86. The van der Waals surface area contributed by atoms with Gasteiger partial charge in [0.25, 0.3) is 0 Å². The van der Waals surface area contributed by atoms with E-state index in [0.29, 0.717) is 26.2 Å². The molecule has 0 atom stereocenters. The molecule has 1 saturated heterocycles. The summed E-state index contributed by atoms with van der Waals surface area (Å²) >= 11 is 0. The van der Waals surface area contributed by atoms with E-state index in [-0.39, 0.29) is 0 Å². The van der Waals surface area contributed by atoms with Crippen LogP contribution in [-0.4, -0.2) is 49.1 Å². The summed E-state index contributed by atoms with van der Waals surface area (Å²) in [5.74, 6) is 0.770. The summed E-state index contributed by atoms with van der Waals surface area (Å²) in [5, 5.41) is 10.2. The molecule has 0 N–H and O–H groups in total. The van der Waals surface area contributed by atoms with E-state index in [2.05, 4.69) is 48.0 Å². The normalized spacial score (nSPS) is 15.4. The largest absolute Gasteiger partial charge is 0.352 e. The molecule has 166 valence electrons. The smallest absolute Gasteiger partial charge is 0.236 e. The Kier molecular flexibility index (Phi) is 6.39. The van der Waals surface area contributed by atoms with Crippen molar-refractivity contribution in [1.29, 1.82) is 0 Å². The molecule has 1 aliphatic heterocycles. The number of hydrogen-bond acceptors (Lipinski definition) is 5. The Morgan fingerprint density at radius 3 is 2.16 bits per heavy atom. The Morgan fingerprint density at radius 2 is 1.50 bits per heavy atom. The number of benzene rings is 2. The highest BCUT2D eigenvalue weighted by Crippen LogP contribution is 2.26. The second-order valence-electron chi connectivity index (χ2n) is 8.17. The fourth-order valence-corrected chi connectivity index (χ4v) is 5.03. The quantitative estimate of drug-likeness (QED) is 0.586. The van der Waals surface area contributed by atoms with E-state index in [0.717, 1.165) is 22.6 Å². The van der Waals surface area contributed by atoms with Gasteiger partial charge in [-0.3, -0.25) is 0 Å². The van der Waals surface area contributed by atoms with Gasteiger partial charge in [-0.05, 0) is 67.3 Å². The van der Waals surface area contributed by atoms with Crippen LogP contribution in [0, 0.1) is 20.8 Å². The van der Waals surface area contributed by atoms with Crippen LogP contribution in [0.15, 0.2) is 60.0 Å². The molecule has 7 heteroatoms. The van der Waals surface area contributed by atoms with E-state index >= 15 is 0 Å². The van der Waals surface area contributed by atoms with E-state index in [9.17, 15) is 8.42 Å². The predicted molar refractivity (Wildman–Crippen MR) is 130 cm³/mol. The monoisotopic (exact) mass is 448 g/mol. The van der Waals surface area contributed by atoms with Crippen LogP contribution >= 0.6 is 0 Å². The molecule has 0 unspecified atom stereocenters. The zero-order valence-corrected chi connectivity index (χ0v) is 19.5. The van der Waals surface area contributed by atoms with E-state index in [1.165, 1.54) is 26.4 Å². The van der Waals surface area contributed by atoms with Crippen molar-refractivity contribution < 1.29 is 8.42 Å². The lowest BCUT2D eigenvalue weighted by atomic mass is 9.99. The molecule has 6 nitrogen and oxygen atoms in total. The van der Waals surface area contributed by atoms with Gasteiger partial charge < -0.3 is 4.90 Å². The Bertz CT molecular complexity index is 1210. The van der Waals surface area contributed by atoms with Crippen molar-refractivity contribution in [3.8, 4) is 11.3 Å². The lowest BCUT2D eigenvalue weighted by molar-refractivity contribution is 0.388. The van der Waals surface area contributed by atoms with E-state index < -0.39 is 10.0 Å². The molecule has 1 aromatic heterocycles. The minimum absolute atomic E-state index is 0.418. The number of hydrogen-bond donors (Lipinski definition) is 0. The molecule has 3 aromatic rings. The summed E-state index contributed by atoms with van der Waals surface area (Å²) < 4.78 is 26.9. The summed E-state index contributed by atoms with van der Waals surface area (Å²) in [4.78, 5) is 2.08. The Hall–Kier alpha value is -3.03. The highest BCUT2D eigenvalue weighted by Gasteiger charge is 2.25. The third-order valence-corrected chi connectivity index (χ3v) is 7.49. The second kappa shape index (κ2) is 9.22. The first-order chi connectivity index (χ1) is 15.3. The Balaban J connectivity index is 1.41. The van der Waals surface area contributed by atoms with Crippen molar-refractivity contribution in [2.75, 3.05) is 31.1 Å². The van der Waals surface area contributed by atoms with Crippen LogP contribution in [-0.2, 0) is 10.0 Å². The summed E-state index contributed by atoms with van der Waals surface area (Å²) in [6.07, 6.45) is 1.64. The molecule has 0 aliphatic carbocycles. The van der Waals surface area contributed by atoms with Crippen LogP contribution < -0.4 is 4.90 Å². The molecule has 2 aromatic carbocycles. The SMILES string of the molecule is Cc1cc(C)c(-c2ccc(N3CCN(S(=O)(=O)/C=C\c4ccccc4)CC3)nn2)cc1C. The van der Waals surface area contributed by atoms with Crippen LogP contribution in [0.1, 0.15) is 22.3 Å². The van der Waals surface area contributed by atoms with Crippen molar-refractivity contribution in [1.82, 2.24) is 14.5 Å². The van der Waals surface area contributed by atoms with Gasteiger partial charge in [-0.25, -0.2) is 8.42 Å². The molecule has 32 heavy (non-hydrogen) atoms. The summed E-state index contributed by atoms with van der Waals surface area (Å²) in [6.45, 7) is 8.29. The molecular formula is C25H28N4O2S. The average molecular weight is 449 g/mol. The zero-order chi connectivity index (χ0) is 22.7. The molecule has 0 amide bonds. The van der Waals surface area contributed by atoms with Crippen LogP contribution in [0.3, 0.4) is 0 Å². The topological polar surface area (TPSA) is 66.4 Å².